The van der Waals surface area contributed by atoms with Gasteiger partial charge in [-0.3, -0.25) is 0 Å². The van der Waals surface area contributed by atoms with Crippen LogP contribution in [-0.2, 0) is 14.3 Å². The summed E-state index contributed by atoms with van der Waals surface area (Å²) in [7, 11) is 0. The van der Waals surface area contributed by atoms with Crippen molar-refractivity contribution in [2.24, 2.45) is 5.92 Å². The molecule has 0 aliphatic rings. The fraction of sp³-hybridized carbons (Fsp3) is 0.600. The molecule has 1 N–H and O–H groups in total. The summed E-state index contributed by atoms with van der Waals surface area (Å²) in [5, 5.41) is 2.54. The first kappa shape index (κ1) is 18.2. The summed E-state index contributed by atoms with van der Waals surface area (Å²) in [6, 6.07) is 0. The third-order valence-corrected chi connectivity index (χ3v) is 2.35. The third kappa shape index (κ3) is 8.34. The molecule has 114 valence electrons. The molecule has 0 aromatic heterocycles. The van der Waals surface area contributed by atoms with Crippen molar-refractivity contribution in [3.05, 3.63) is 23.8 Å². The molecule has 0 saturated heterocycles. The smallest absolute Gasteiger partial charge is 0.407 e. The van der Waals surface area contributed by atoms with Crippen molar-refractivity contribution < 1.29 is 19.1 Å². The van der Waals surface area contributed by atoms with Gasteiger partial charge in [-0.1, -0.05) is 26.0 Å². The van der Waals surface area contributed by atoms with Crippen molar-refractivity contribution in [1.82, 2.24) is 5.32 Å². The van der Waals surface area contributed by atoms with Gasteiger partial charge >= 0.3 is 12.1 Å². The van der Waals surface area contributed by atoms with Crippen LogP contribution in [0.15, 0.2) is 23.8 Å². The first-order valence-corrected chi connectivity index (χ1v) is 6.66. The van der Waals surface area contributed by atoms with Gasteiger partial charge in [-0.25, -0.2) is 9.59 Å². The molecule has 1 atom stereocenters. The van der Waals surface area contributed by atoms with E-state index in [0.29, 0.717) is 5.57 Å². The monoisotopic (exact) mass is 283 g/mol. The van der Waals surface area contributed by atoms with Crippen LogP contribution in [0.25, 0.3) is 0 Å². The topological polar surface area (TPSA) is 64.6 Å². The van der Waals surface area contributed by atoms with E-state index in [2.05, 4.69) is 11.9 Å². The third-order valence-electron chi connectivity index (χ3n) is 2.35. The van der Waals surface area contributed by atoms with Crippen LogP contribution in [-0.4, -0.2) is 31.3 Å². The summed E-state index contributed by atoms with van der Waals surface area (Å²) in [6.45, 7) is 13.2. The number of carbonyl (C=O) groups is 2. The molecule has 0 heterocycles. The van der Waals surface area contributed by atoms with Gasteiger partial charge in [0, 0.05) is 5.57 Å². The molecule has 0 bridgehead atoms. The highest BCUT2D eigenvalue weighted by molar-refractivity contribution is 5.86. The normalized spacial score (nSPS) is 11.5. The minimum absolute atomic E-state index is 0.0930. The Bertz CT molecular complexity index is 381. The van der Waals surface area contributed by atoms with Crippen LogP contribution in [0.2, 0.25) is 0 Å². The minimum atomic E-state index is -0.521. The molecule has 20 heavy (non-hydrogen) atoms. The number of allylic oxidation sites excluding steroid dienone is 1. The summed E-state index contributed by atoms with van der Waals surface area (Å²) in [5.41, 5.74) is 1.42. The molecule has 0 aromatic carbocycles. The fourth-order valence-corrected chi connectivity index (χ4v) is 1.28. The molecule has 0 aliphatic heterocycles. The molecule has 0 saturated carbocycles. The summed E-state index contributed by atoms with van der Waals surface area (Å²) >= 11 is 0. The number of rotatable bonds is 7. The molecular weight excluding hydrogens is 258 g/mol. The molecule has 0 aliphatic carbocycles. The number of nitrogens with one attached hydrogen (secondary N) is 1. The average Bonchev–Trinajstić information content (AvgIpc) is 2.32. The Balaban J connectivity index is 4.06. The van der Waals surface area contributed by atoms with Gasteiger partial charge in [0.15, 0.2) is 0 Å². The fourth-order valence-electron chi connectivity index (χ4n) is 1.28. The van der Waals surface area contributed by atoms with E-state index in [1.54, 1.807) is 6.92 Å². The van der Waals surface area contributed by atoms with E-state index in [-0.39, 0.29) is 25.2 Å². The van der Waals surface area contributed by atoms with Crippen LogP contribution in [0, 0.1) is 5.92 Å². The Labute approximate surface area is 121 Å². The molecule has 0 spiro atoms. The number of alkyl carbamates (subject to hydrolysis) is 1. The number of carbonyl (C=O) groups excluding carboxylic acids is 2. The number of esters is 1. The van der Waals surface area contributed by atoms with E-state index in [1.807, 2.05) is 33.8 Å². The maximum absolute atomic E-state index is 11.6. The lowest BCUT2D eigenvalue weighted by atomic mass is 10.1. The minimum Gasteiger partial charge on any atom is -0.460 e. The largest absolute Gasteiger partial charge is 0.460 e. The van der Waals surface area contributed by atoms with Crippen molar-refractivity contribution in [3.8, 4) is 0 Å². The van der Waals surface area contributed by atoms with E-state index in [0.717, 1.165) is 5.57 Å². The lowest BCUT2D eigenvalue weighted by Crippen LogP contribution is -2.33. The van der Waals surface area contributed by atoms with Gasteiger partial charge in [-0.15, -0.1) is 0 Å². The Morgan fingerprint density at radius 2 is 1.85 bits per heavy atom. The van der Waals surface area contributed by atoms with Crippen LogP contribution >= 0.6 is 0 Å². The van der Waals surface area contributed by atoms with Gasteiger partial charge < -0.3 is 14.8 Å². The molecule has 0 fully saturated rings. The zero-order chi connectivity index (χ0) is 15.7. The summed E-state index contributed by atoms with van der Waals surface area (Å²) < 4.78 is 10.1. The molecule has 0 aromatic rings. The zero-order valence-corrected chi connectivity index (χ0v) is 13.0. The lowest BCUT2D eigenvalue weighted by molar-refractivity contribution is -0.138. The van der Waals surface area contributed by atoms with E-state index < -0.39 is 12.1 Å². The van der Waals surface area contributed by atoms with E-state index in [1.165, 1.54) is 0 Å². The van der Waals surface area contributed by atoms with Crippen LogP contribution < -0.4 is 5.32 Å². The molecular formula is C15H25NO4. The summed E-state index contributed by atoms with van der Waals surface area (Å²) in [6.07, 6.45) is 1.12. The molecule has 0 rings (SSSR count). The average molecular weight is 283 g/mol. The number of ether oxygens (including phenoxy) is 2. The van der Waals surface area contributed by atoms with Gasteiger partial charge in [0.2, 0.25) is 0 Å². The highest BCUT2D eigenvalue weighted by Gasteiger charge is 2.15. The molecule has 1 amide bonds. The van der Waals surface area contributed by atoms with E-state index in [9.17, 15) is 9.59 Å². The van der Waals surface area contributed by atoms with Crippen LogP contribution in [0.4, 0.5) is 4.79 Å². The SMILES string of the molecule is C=C(C)C(=O)OCCNC(=O)OC(C=C(C)C)C(C)C. The molecule has 1 unspecified atom stereocenters. The van der Waals surface area contributed by atoms with Crippen molar-refractivity contribution in [1.29, 1.82) is 0 Å². The van der Waals surface area contributed by atoms with Crippen molar-refractivity contribution in [3.63, 3.8) is 0 Å². The van der Waals surface area contributed by atoms with Gasteiger partial charge in [-0.2, -0.15) is 0 Å². The van der Waals surface area contributed by atoms with Gasteiger partial charge in [-0.05, 0) is 32.8 Å². The number of amides is 1. The lowest BCUT2D eigenvalue weighted by Gasteiger charge is -2.19. The predicted octanol–water partition coefficient (Wildman–Crippen LogP) is 2.82. The zero-order valence-electron chi connectivity index (χ0n) is 13.0. The van der Waals surface area contributed by atoms with Crippen molar-refractivity contribution >= 4 is 12.1 Å². The van der Waals surface area contributed by atoms with Crippen molar-refractivity contribution in [2.45, 2.75) is 40.7 Å². The summed E-state index contributed by atoms with van der Waals surface area (Å²) in [4.78, 5) is 22.7. The quantitative estimate of drug-likeness (QED) is 0.338. The van der Waals surface area contributed by atoms with Crippen LogP contribution in [0.5, 0.6) is 0 Å². The first-order chi connectivity index (χ1) is 9.23. The summed E-state index contributed by atoms with van der Waals surface area (Å²) in [5.74, 6) is -0.276. The first-order valence-electron chi connectivity index (χ1n) is 6.66. The second-order valence-electron chi connectivity index (χ2n) is 5.20. The highest BCUT2D eigenvalue weighted by Crippen LogP contribution is 2.10. The number of hydrogen-bond acceptors (Lipinski definition) is 4. The Hall–Kier alpha value is -1.78. The highest BCUT2D eigenvalue weighted by atomic mass is 16.6. The van der Waals surface area contributed by atoms with E-state index in [4.69, 9.17) is 9.47 Å². The Morgan fingerprint density at radius 1 is 1.25 bits per heavy atom. The van der Waals surface area contributed by atoms with Gasteiger partial charge in [0.25, 0.3) is 0 Å². The second-order valence-corrected chi connectivity index (χ2v) is 5.20. The standard InChI is InChI=1S/C15H25NO4/c1-10(2)9-13(11(3)4)20-15(18)16-7-8-19-14(17)12(5)6/h9,11,13H,5,7-8H2,1-4,6H3,(H,16,18). The Kier molecular flexibility index (Phi) is 8.36. The maximum Gasteiger partial charge on any atom is 0.407 e. The molecule has 5 heteroatoms. The Morgan fingerprint density at radius 3 is 2.30 bits per heavy atom. The molecule has 5 nitrogen and oxygen atoms in total. The van der Waals surface area contributed by atoms with E-state index >= 15 is 0 Å². The maximum atomic E-state index is 11.6. The van der Waals surface area contributed by atoms with Gasteiger partial charge in [0.1, 0.15) is 12.7 Å². The van der Waals surface area contributed by atoms with Gasteiger partial charge in [0.05, 0.1) is 6.54 Å². The number of hydrogen-bond donors (Lipinski definition) is 1. The van der Waals surface area contributed by atoms with Crippen LogP contribution in [0.3, 0.4) is 0 Å². The van der Waals surface area contributed by atoms with Crippen LogP contribution in [0.1, 0.15) is 34.6 Å². The second kappa shape index (κ2) is 9.18. The van der Waals surface area contributed by atoms with Crippen molar-refractivity contribution in [2.75, 3.05) is 13.2 Å². The predicted molar refractivity (Wildman–Crippen MR) is 78.3 cm³/mol. The molecule has 0 radical (unpaired) electrons.